The maximum atomic E-state index is 6.23. The maximum absolute atomic E-state index is 6.23. The van der Waals surface area contributed by atoms with Crippen molar-refractivity contribution in [3.63, 3.8) is 0 Å². The van der Waals surface area contributed by atoms with Crippen LogP contribution in [0.5, 0.6) is 0 Å². The zero-order chi connectivity index (χ0) is 17.0. The molecule has 0 saturated carbocycles. The molecule has 3 nitrogen and oxygen atoms in total. The Morgan fingerprint density at radius 3 is 2.50 bits per heavy atom. The summed E-state index contributed by atoms with van der Waals surface area (Å²) >= 11 is 5.31. The van der Waals surface area contributed by atoms with E-state index in [9.17, 15) is 0 Å². The lowest BCUT2D eigenvalue weighted by Crippen LogP contribution is -2.57. The first-order valence-electron chi connectivity index (χ1n) is 8.52. The highest BCUT2D eigenvalue weighted by atomic mass is 79.9. The van der Waals surface area contributed by atoms with E-state index in [0.29, 0.717) is 0 Å². The fourth-order valence-electron chi connectivity index (χ4n) is 3.58. The minimum absolute atomic E-state index is 0.127. The summed E-state index contributed by atoms with van der Waals surface area (Å²) in [5.74, 6) is 0. The molecule has 1 aromatic carbocycles. The molecule has 0 spiro atoms. The molecule has 1 aromatic heterocycles. The van der Waals surface area contributed by atoms with Gasteiger partial charge in [0.2, 0.25) is 0 Å². The molecule has 0 unspecified atom stereocenters. The first-order valence-corrected chi connectivity index (χ1v) is 10.2. The number of rotatable bonds is 6. The molecule has 2 heterocycles. The van der Waals surface area contributed by atoms with E-state index in [1.807, 2.05) is 0 Å². The van der Waals surface area contributed by atoms with Crippen molar-refractivity contribution < 1.29 is 0 Å². The van der Waals surface area contributed by atoms with E-state index in [1.165, 1.54) is 14.9 Å². The minimum Gasteiger partial charge on any atom is -0.329 e. The van der Waals surface area contributed by atoms with Crippen LogP contribution in [0.3, 0.4) is 0 Å². The number of thiophene rings is 1. The van der Waals surface area contributed by atoms with Gasteiger partial charge >= 0.3 is 0 Å². The van der Waals surface area contributed by atoms with Crippen molar-refractivity contribution in [3.8, 4) is 0 Å². The summed E-state index contributed by atoms with van der Waals surface area (Å²) in [6.45, 7) is 4.97. The molecule has 1 aliphatic heterocycles. The topological polar surface area (TPSA) is 32.5 Å². The van der Waals surface area contributed by atoms with Crippen molar-refractivity contribution in [1.29, 1.82) is 0 Å². The van der Waals surface area contributed by atoms with Gasteiger partial charge in [-0.15, -0.1) is 11.3 Å². The first kappa shape index (κ1) is 18.1. The van der Waals surface area contributed by atoms with Gasteiger partial charge in [-0.1, -0.05) is 30.3 Å². The third kappa shape index (κ3) is 4.27. The summed E-state index contributed by atoms with van der Waals surface area (Å²) in [5, 5.41) is 2.23. The van der Waals surface area contributed by atoms with Crippen LogP contribution >= 0.6 is 27.3 Å². The van der Waals surface area contributed by atoms with Crippen molar-refractivity contribution in [2.75, 3.05) is 26.7 Å². The normalized spacial score (nSPS) is 18.2. The SMILES string of the molecule is CN(Cc1csc(Br)c1)C1(CN)CCN(Cc2ccccc2)CC1. The van der Waals surface area contributed by atoms with Crippen LogP contribution in [-0.2, 0) is 13.1 Å². The highest BCUT2D eigenvalue weighted by molar-refractivity contribution is 9.11. The van der Waals surface area contributed by atoms with E-state index in [2.05, 4.69) is 74.6 Å². The smallest absolute Gasteiger partial charge is 0.0701 e. The van der Waals surface area contributed by atoms with Crippen LogP contribution in [0.15, 0.2) is 45.6 Å². The van der Waals surface area contributed by atoms with E-state index in [4.69, 9.17) is 5.73 Å². The molecule has 2 N–H and O–H groups in total. The predicted octanol–water partition coefficient (Wildman–Crippen LogP) is 3.94. The molecule has 0 atom stereocenters. The van der Waals surface area contributed by atoms with Gasteiger partial charge in [0.1, 0.15) is 0 Å². The largest absolute Gasteiger partial charge is 0.329 e. The molecule has 5 heteroatoms. The van der Waals surface area contributed by atoms with E-state index in [-0.39, 0.29) is 5.54 Å². The van der Waals surface area contributed by atoms with Gasteiger partial charge in [-0.05, 0) is 58.4 Å². The molecular weight excluding hydrogens is 382 g/mol. The Bertz CT molecular complexity index is 635. The van der Waals surface area contributed by atoms with E-state index >= 15 is 0 Å². The van der Waals surface area contributed by atoms with Crippen LogP contribution in [-0.4, -0.2) is 42.0 Å². The summed E-state index contributed by atoms with van der Waals surface area (Å²) in [5.41, 5.74) is 9.12. The van der Waals surface area contributed by atoms with Crippen LogP contribution in [0.2, 0.25) is 0 Å². The summed E-state index contributed by atoms with van der Waals surface area (Å²) in [6, 6.07) is 13.0. The highest BCUT2D eigenvalue weighted by Gasteiger charge is 2.36. The molecule has 3 rings (SSSR count). The van der Waals surface area contributed by atoms with Gasteiger partial charge in [0.15, 0.2) is 0 Å². The molecule has 2 aromatic rings. The Morgan fingerprint density at radius 2 is 1.92 bits per heavy atom. The Kier molecular flexibility index (Phi) is 6.11. The zero-order valence-corrected chi connectivity index (χ0v) is 16.7. The van der Waals surface area contributed by atoms with Crippen LogP contribution in [0, 0.1) is 0 Å². The van der Waals surface area contributed by atoms with Crippen LogP contribution in [0.25, 0.3) is 0 Å². The fourth-order valence-corrected chi connectivity index (χ4v) is 4.78. The molecular formula is C19H26BrN3S. The maximum Gasteiger partial charge on any atom is 0.0701 e. The van der Waals surface area contributed by atoms with Gasteiger partial charge in [0.25, 0.3) is 0 Å². The molecule has 0 bridgehead atoms. The number of piperidine rings is 1. The molecule has 1 aliphatic rings. The lowest BCUT2D eigenvalue weighted by atomic mass is 9.85. The van der Waals surface area contributed by atoms with Crippen molar-refractivity contribution >= 4 is 27.3 Å². The number of likely N-dealkylation sites (N-methyl/N-ethyl adjacent to an activating group) is 1. The second-order valence-corrected chi connectivity index (χ2v) is 9.10. The number of hydrogen-bond acceptors (Lipinski definition) is 4. The average molecular weight is 408 g/mol. The van der Waals surface area contributed by atoms with Gasteiger partial charge in [0.05, 0.1) is 3.79 Å². The van der Waals surface area contributed by atoms with E-state index in [1.54, 1.807) is 11.3 Å². The fraction of sp³-hybridized carbons (Fsp3) is 0.474. The Hall–Kier alpha value is -0.720. The zero-order valence-electron chi connectivity index (χ0n) is 14.2. The summed E-state index contributed by atoms with van der Waals surface area (Å²) in [7, 11) is 2.23. The lowest BCUT2D eigenvalue weighted by Gasteiger charge is -2.47. The Labute approximate surface area is 157 Å². The van der Waals surface area contributed by atoms with Gasteiger partial charge in [-0.2, -0.15) is 0 Å². The van der Waals surface area contributed by atoms with Gasteiger partial charge in [-0.3, -0.25) is 9.80 Å². The first-order chi connectivity index (χ1) is 11.6. The number of likely N-dealkylation sites (tertiary alicyclic amines) is 1. The summed E-state index contributed by atoms with van der Waals surface area (Å²) < 4.78 is 1.20. The van der Waals surface area contributed by atoms with E-state index < -0.39 is 0 Å². The number of nitrogens with two attached hydrogens (primary N) is 1. The van der Waals surface area contributed by atoms with Crippen molar-refractivity contribution in [2.45, 2.75) is 31.5 Å². The molecule has 24 heavy (non-hydrogen) atoms. The molecule has 130 valence electrons. The number of benzene rings is 1. The molecule has 0 radical (unpaired) electrons. The lowest BCUT2D eigenvalue weighted by molar-refractivity contribution is 0.0375. The number of hydrogen-bond donors (Lipinski definition) is 1. The monoisotopic (exact) mass is 407 g/mol. The quantitative estimate of drug-likeness (QED) is 0.786. The number of halogens is 1. The van der Waals surface area contributed by atoms with Crippen LogP contribution in [0.1, 0.15) is 24.0 Å². The van der Waals surface area contributed by atoms with Gasteiger partial charge in [0, 0.05) is 38.3 Å². The average Bonchev–Trinajstić information content (AvgIpc) is 3.01. The van der Waals surface area contributed by atoms with Crippen LogP contribution in [0.4, 0.5) is 0 Å². The second kappa shape index (κ2) is 8.11. The molecule has 0 amide bonds. The van der Waals surface area contributed by atoms with Crippen molar-refractivity contribution in [3.05, 3.63) is 56.7 Å². The number of nitrogens with zero attached hydrogens (tertiary/aromatic N) is 2. The van der Waals surface area contributed by atoms with Gasteiger partial charge < -0.3 is 5.73 Å². The van der Waals surface area contributed by atoms with Crippen LogP contribution < -0.4 is 5.73 Å². The van der Waals surface area contributed by atoms with Gasteiger partial charge in [-0.25, -0.2) is 0 Å². The third-order valence-corrected chi connectivity index (χ3v) is 6.82. The van der Waals surface area contributed by atoms with Crippen molar-refractivity contribution in [1.82, 2.24) is 9.80 Å². The second-order valence-electron chi connectivity index (χ2n) is 6.81. The Morgan fingerprint density at radius 1 is 1.21 bits per heavy atom. The molecule has 1 fully saturated rings. The molecule has 0 aliphatic carbocycles. The summed E-state index contributed by atoms with van der Waals surface area (Å²) in [4.78, 5) is 5.03. The Balaban J connectivity index is 1.58. The third-order valence-electron chi connectivity index (χ3n) is 5.27. The minimum atomic E-state index is 0.127. The summed E-state index contributed by atoms with van der Waals surface area (Å²) in [6.07, 6.45) is 2.27. The highest BCUT2D eigenvalue weighted by Crippen LogP contribution is 2.30. The molecule has 1 saturated heterocycles. The van der Waals surface area contributed by atoms with Crippen molar-refractivity contribution in [2.24, 2.45) is 5.73 Å². The van der Waals surface area contributed by atoms with E-state index in [0.717, 1.165) is 45.6 Å². The predicted molar refractivity (Wildman–Crippen MR) is 106 cm³/mol. The standard InChI is InChI=1S/C19H26BrN3S/c1-22(12-17-11-18(20)24-14-17)19(15-21)7-9-23(10-8-19)13-16-5-3-2-4-6-16/h2-6,11,14H,7-10,12-13,15,21H2,1H3.